The Morgan fingerprint density at radius 2 is 1.95 bits per heavy atom. The molecule has 4 heteroatoms. The average molecular weight is 290 g/mol. The van der Waals surface area contributed by atoms with Crippen molar-refractivity contribution in [3.05, 3.63) is 29.3 Å². The van der Waals surface area contributed by atoms with Crippen LogP contribution in [0.4, 0.5) is 0 Å². The van der Waals surface area contributed by atoms with Gasteiger partial charge in [-0.15, -0.1) is 0 Å². The van der Waals surface area contributed by atoms with E-state index >= 15 is 0 Å². The van der Waals surface area contributed by atoms with Gasteiger partial charge in [0.2, 0.25) is 5.91 Å². The lowest BCUT2D eigenvalue weighted by Crippen LogP contribution is -2.51. The van der Waals surface area contributed by atoms with Gasteiger partial charge in [-0.25, -0.2) is 0 Å². The summed E-state index contributed by atoms with van der Waals surface area (Å²) in [6, 6.07) is 6.12. The number of aryl methyl sites for hydroxylation is 2. The van der Waals surface area contributed by atoms with Gasteiger partial charge in [0, 0.05) is 26.2 Å². The monoisotopic (exact) mass is 290 g/mol. The molecule has 0 atom stereocenters. The fraction of sp³-hybridized carbons (Fsp3) is 0.588. The summed E-state index contributed by atoms with van der Waals surface area (Å²) in [4.78, 5) is 14.5. The number of hydrogen-bond donors (Lipinski definition) is 1. The molecule has 0 spiro atoms. The number of nitrogens with one attached hydrogen (secondary N) is 1. The molecule has 1 heterocycles. The van der Waals surface area contributed by atoms with E-state index in [-0.39, 0.29) is 5.91 Å². The number of carbonyl (C=O) groups is 1. The van der Waals surface area contributed by atoms with Crippen molar-refractivity contribution in [2.75, 3.05) is 32.8 Å². The zero-order chi connectivity index (χ0) is 15.5. The van der Waals surface area contributed by atoms with Crippen molar-refractivity contribution in [1.82, 2.24) is 10.2 Å². The van der Waals surface area contributed by atoms with Gasteiger partial charge in [-0.1, -0.05) is 17.7 Å². The molecule has 1 saturated heterocycles. The molecule has 1 N–H and O–H groups in total. The van der Waals surface area contributed by atoms with Crippen molar-refractivity contribution < 1.29 is 9.53 Å². The van der Waals surface area contributed by atoms with Crippen molar-refractivity contribution in [2.45, 2.75) is 27.7 Å². The summed E-state index contributed by atoms with van der Waals surface area (Å²) in [6.07, 6.45) is 0. The second-order valence-electron chi connectivity index (χ2n) is 6.48. The predicted molar refractivity (Wildman–Crippen MR) is 84.6 cm³/mol. The van der Waals surface area contributed by atoms with Crippen LogP contribution in [0.25, 0.3) is 0 Å². The zero-order valence-corrected chi connectivity index (χ0v) is 13.5. The highest BCUT2D eigenvalue weighted by Gasteiger charge is 2.33. The first-order valence-corrected chi connectivity index (χ1v) is 7.60. The molecule has 0 saturated carbocycles. The lowest BCUT2D eigenvalue weighted by Gasteiger charge is -2.34. The van der Waals surface area contributed by atoms with E-state index in [0.717, 1.165) is 37.5 Å². The van der Waals surface area contributed by atoms with Gasteiger partial charge in [-0.3, -0.25) is 4.79 Å². The fourth-order valence-corrected chi connectivity index (χ4v) is 2.58. The highest BCUT2D eigenvalue weighted by atomic mass is 16.5. The minimum absolute atomic E-state index is 0.175. The van der Waals surface area contributed by atoms with Crippen LogP contribution < -0.4 is 10.1 Å². The summed E-state index contributed by atoms with van der Waals surface area (Å²) in [5.41, 5.74) is 1.82. The lowest BCUT2D eigenvalue weighted by atomic mass is 9.92. The van der Waals surface area contributed by atoms with E-state index in [9.17, 15) is 4.79 Å². The smallest absolute Gasteiger partial charge is 0.231 e. The Hall–Kier alpha value is -1.55. The molecule has 1 aliphatic heterocycles. The van der Waals surface area contributed by atoms with Gasteiger partial charge in [0.1, 0.15) is 12.4 Å². The fourth-order valence-electron chi connectivity index (χ4n) is 2.58. The van der Waals surface area contributed by atoms with Gasteiger partial charge >= 0.3 is 0 Å². The summed E-state index contributed by atoms with van der Waals surface area (Å²) in [5, 5.41) is 3.27. The molecule has 4 nitrogen and oxygen atoms in total. The maximum atomic E-state index is 12.6. The summed E-state index contributed by atoms with van der Waals surface area (Å²) in [6.45, 7) is 11.7. The minimum atomic E-state index is -0.505. The van der Waals surface area contributed by atoms with Crippen molar-refractivity contribution in [1.29, 1.82) is 0 Å². The molecule has 1 aromatic rings. The molecule has 21 heavy (non-hydrogen) atoms. The normalized spacial score (nSPS) is 15.9. The number of amides is 1. The van der Waals surface area contributed by atoms with E-state index in [1.54, 1.807) is 0 Å². The number of rotatable bonds is 4. The Labute approximate surface area is 127 Å². The van der Waals surface area contributed by atoms with Crippen LogP contribution in [-0.4, -0.2) is 43.6 Å². The van der Waals surface area contributed by atoms with Crippen molar-refractivity contribution in [3.63, 3.8) is 0 Å². The van der Waals surface area contributed by atoms with E-state index in [1.807, 2.05) is 37.8 Å². The molecule has 2 rings (SSSR count). The molecule has 0 aromatic heterocycles. The standard InChI is InChI=1S/C17H26N2O2/c1-13-5-6-15(14(2)11-13)21-12-17(3,4)16(20)19-9-7-18-8-10-19/h5-6,11,18H,7-10,12H2,1-4H3. The van der Waals surface area contributed by atoms with Crippen molar-refractivity contribution >= 4 is 5.91 Å². The Kier molecular flexibility index (Phi) is 4.88. The number of nitrogens with zero attached hydrogens (tertiary/aromatic N) is 1. The summed E-state index contributed by atoms with van der Waals surface area (Å²) in [5.74, 6) is 1.04. The number of hydrogen-bond acceptors (Lipinski definition) is 3. The van der Waals surface area contributed by atoms with Crippen LogP contribution in [0.3, 0.4) is 0 Å². The Bertz CT molecular complexity index is 506. The van der Waals surface area contributed by atoms with Crippen molar-refractivity contribution in [2.24, 2.45) is 5.41 Å². The summed E-state index contributed by atoms with van der Waals surface area (Å²) < 4.78 is 5.91. The highest BCUT2D eigenvalue weighted by Crippen LogP contribution is 2.24. The molecule has 0 unspecified atom stereocenters. The van der Waals surface area contributed by atoms with Gasteiger partial charge < -0.3 is 15.0 Å². The molecule has 1 aliphatic rings. The molecule has 1 aromatic carbocycles. The van der Waals surface area contributed by atoms with E-state index in [2.05, 4.69) is 18.3 Å². The summed E-state index contributed by atoms with van der Waals surface area (Å²) in [7, 11) is 0. The van der Waals surface area contributed by atoms with Crippen LogP contribution in [0.1, 0.15) is 25.0 Å². The molecule has 0 radical (unpaired) electrons. The molecule has 1 fully saturated rings. The number of piperazine rings is 1. The van der Waals surface area contributed by atoms with Crippen LogP contribution in [-0.2, 0) is 4.79 Å². The number of benzene rings is 1. The predicted octanol–water partition coefficient (Wildman–Crippen LogP) is 2.14. The third-order valence-corrected chi connectivity index (χ3v) is 3.90. The van der Waals surface area contributed by atoms with Crippen LogP contribution >= 0.6 is 0 Å². The molecule has 0 bridgehead atoms. The van der Waals surface area contributed by atoms with Crippen LogP contribution in [0, 0.1) is 19.3 Å². The van der Waals surface area contributed by atoms with E-state index in [1.165, 1.54) is 5.56 Å². The van der Waals surface area contributed by atoms with Crippen molar-refractivity contribution in [3.8, 4) is 5.75 Å². The van der Waals surface area contributed by atoms with E-state index < -0.39 is 5.41 Å². The van der Waals surface area contributed by atoms with Gasteiger partial charge in [0.15, 0.2) is 0 Å². The van der Waals surface area contributed by atoms with E-state index in [0.29, 0.717) is 6.61 Å². The number of ether oxygens (including phenoxy) is 1. The molecule has 1 amide bonds. The maximum absolute atomic E-state index is 12.6. The lowest BCUT2D eigenvalue weighted by molar-refractivity contribution is -0.142. The quantitative estimate of drug-likeness (QED) is 0.924. The third-order valence-electron chi connectivity index (χ3n) is 3.90. The second kappa shape index (κ2) is 6.48. The second-order valence-corrected chi connectivity index (χ2v) is 6.48. The van der Waals surface area contributed by atoms with Gasteiger partial charge in [-0.2, -0.15) is 0 Å². The Morgan fingerprint density at radius 1 is 1.29 bits per heavy atom. The van der Waals surface area contributed by atoms with Crippen LogP contribution in [0.2, 0.25) is 0 Å². The first-order valence-electron chi connectivity index (χ1n) is 7.60. The Morgan fingerprint density at radius 3 is 2.57 bits per heavy atom. The van der Waals surface area contributed by atoms with E-state index in [4.69, 9.17) is 4.74 Å². The number of carbonyl (C=O) groups excluding carboxylic acids is 1. The van der Waals surface area contributed by atoms with Gasteiger partial charge in [0.25, 0.3) is 0 Å². The summed E-state index contributed by atoms with van der Waals surface area (Å²) >= 11 is 0. The molecular weight excluding hydrogens is 264 g/mol. The molecule has 116 valence electrons. The zero-order valence-electron chi connectivity index (χ0n) is 13.5. The first kappa shape index (κ1) is 15.8. The third kappa shape index (κ3) is 3.97. The highest BCUT2D eigenvalue weighted by molar-refractivity contribution is 5.82. The van der Waals surface area contributed by atoms with Crippen LogP contribution in [0.5, 0.6) is 5.75 Å². The topological polar surface area (TPSA) is 41.6 Å². The van der Waals surface area contributed by atoms with Crippen LogP contribution in [0.15, 0.2) is 18.2 Å². The minimum Gasteiger partial charge on any atom is -0.492 e. The first-order chi connectivity index (χ1) is 9.90. The SMILES string of the molecule is Cc1ccc(OCC(C)(C)C(=O)N2CCNCC2)c(C)c1. The van der Waals surface area contributed by atoms with Gasteiger partial charge in [0.05, 0.1) is 5.41 Å². The maximum Gasteiger partial charge on any atom is 0.231 e. The average Bonchev–Trinajstić information content (AvgIpc) is 2.46. The van der Waals surface area contributed by atoms with Gasteiger partial charge in [-0.05, 0) is 39.3 Å². The largest absolute Gasteiger partial charge is 0.492 e. The Balaban J connectivity index is 1.98. The molecule has 0 aliphatic carbocycles. The molecular formula is C17H26N2O2.